The van der Waals surface area contributed by atoms with E-state index in [0.29, 0.717) is 17.5 Å². The van der Waals surface area contributed by atoms with Crippen LogP contribution in [0.4, 0.5) is 9.59 Å². The van der Waals surface area contributed by atoms with E-state index in [0.717, 1.165) is 21.0 Å². The van der Waals surface area contributed by atoms with E-state index in [-0.39, 0.29) is 12.8 Å². The van der Waals surface area contributed by atoms with Gasteiger partial charge in [0.25, 0.3) is 0 Å². The molecule has 49 heavy (non-hydrogen) atoms. The highest BCUT2D eigenvalue weighted by atomic mass is 32.1. The molecule has 0 saturated heterocycles. The van der Waals surface area contributed by atoms with Gasteiger partial charge in [0, 0.05) is 29.1 Å². The van der Waals surface area contributed by atoms with Crippen LogP contribution in [0.1, 0.15) is 66.5 Å². The minimum Gasteiger partial charge on any atom is -0.444 e. The lowest BCUT2D eigenvalue weighted by Crippen LogP contribution is -2.61. The minimum absolute atomic E-state index is 0.120. The van der Waals surface area contributed by atoms with Crippen molar-refractivity contribution >= 4 is 62.7 Å². The van der Waals surface area contributed by atoms with E-state index in [1.807, 2.05) is 41.8 Å². The second kappa shape index (κ2) is 14.7. The fourth-order valence-corrected chi connectivity index (χ4v) is 6.15. The summed E-state index contributed by atoms with van der Waals surface area (Å²) in [6.45, 7) is 13.5. The van der Waals surface area contributed by atoms with Gasteiger partial charge in [-0.2, -0.15) is 0 Å². The Bertz CT molecular complexity index is 1850. The highest BCUT2D eigenvalue weighted by Gasteiger charge is 2.35. The summed E-state index contributed by atoms with van der Waals surface area (Å²) in [5.41, 5.74) is -0.812. The van der Waals surface area contributed by atoms with Crippen LogP contribution in [-0.4, -0.2) is 63.9 Å². The minimum atomic E-state index is -1.44. The van der Waals surface area contributed by atoms with Crippen LogP contribution in [0.25, 0.3) is 21.0 Å². The molecule has 0 aliphatic carbocycles. The van der Waals surface area contributed by atoms with E-state index in [9.17, 15) is 24.0 Å². The van der Waals surface area contributed by atoms with Crippen LogP contribution in [0, 0.1) is 0 Å². The molecule has 0 bridgehead atoms. The molecule has 262 valence electrons. The summed E-state index contributed by atoms with van der Waals surface area (Å²) in [4.78, 5) is 65.0. The van der Waals surface area contributed by atoms with Gasteiger partial charge >= 0.3 is 12.2 Å². The number of para-hydroxylation sites is 1. The van der Waals surface area contributed by atoms with Crippen LogP contribution in [0.3, 0.4) is 0 Å². The molecule has 0 unspecified atom stereocenters. The van der Waals surface area contributed by atoms with E-state index >= 15 is 0 Å². The van der Waals surface area contributed by atoms with Gasteiger partial charge in [-0.25, -0.2) is 9.59 Å². The third kappa shape index (κ3) is 9.82. The Kier molecular flexibility index (Phi) is 11.1. The molecule has 2 aromatic heterocycles. The summed E-state index contributed by atoms with van der Waals surface area (Å²) in [5.74, 6) is -1.18. The van der Waals surface area contributed by atoms with Gasteiger partial charge in [0.15, 0.2) is 0 Å². The summed E-state index contributed by atoms with van der Waals surface area (Å²) in [7, 11) is 0. The predicted molar refractivity (Wildman–Crippen MR) is 189 cm³/mol. The van der Waals surface area contributed by atoms with Crippen molar-refractivity contribution in [2.45, 2.75) is 97.2 Å². The molecule has 0 saturated carbocycles. The molecule has 0 radical (unpaired) electrons. The van der Waals surface area contributed by atoms with Crippen LogP contribution in [0.5, 0.6) is 0 Å². The Labute approximate surface area is 289 Å². The molecule has 0 spiro atoms. The number of amides is 4. The summed E-state index contributed by atoms with van der Waals surface area (Å²) in [6, 6.07) is 13.9. The zero-order valence-electron chi connectivity index (χ0n) is 29.1. The van der Waals surface area contributed by atoms with E-state index < -0.39 is 52.9 Å². The van der Waals surface area contributed by atoms with Gasteiger partial charge in [0.2, 0.25) is 18.2 Å². The fourth-order valence-electron chi connectivity index (χ4n) is 5.18. The van der Waals surface area contributed by atoms with Gasteiger partial charge in [-0.1, -0.05) is 36.4 Å². The number of alkyl carbamates (subject to hydrolysis) is 1. The smallest absolute Gasteiger partial charge is 0.419 e. The first-order valence-electron chi connectivity index (χ1n) is 16.0. The number of benzene rings is 2. The zero-order valence-corrected chi connectivity index (χ0v) is 29.9. The maximum atomic E-state index is 14.0. The van der Waals surface area contributed by atoms with Crippen LogP contribution >= 0.6 is 11.3 Å². The molecule has 0 fully saturated rings. The van der Waals surface area contributed by atoms with E-state index in [4.69, 9.17) is 9.47 Å². The lowest BCUT2D eigenvalue weighted by Gasteiger charge is -2.30. The molecule has 2 atom stereocenters. The monoisotopic (exact) mass is 691 g/mol. The van der Waals surface area contributed by atoms with E-state index in [1.165, 1.54) is 29.8 Å². The molecule has 2 heterocycles. The SMILES string of the molecule is CC(C)(C)OC(=O)NC(C)(C)C(=O)N[C@H](Cc1csc2ccccc12)C(=O)N[C@H](Cc1cn(C(=O)OC(C)(C)C)c2ccccc12)NC=O. The summed E-state index contributed by atoms with van der Waals surface area (Å²) >= 11 is 1.52. The van der Waals surface area contributed by atoms with Crippen LogP contribution in [-0.2, 0) is 36.7 Å². The normalized spacial score (nSPS) is 13.3. The first-order valence-corrected chi connectivity index (χ1v) is 16.8. The number of carbonyl (C=O) groups is 5. The molecular weight excluding hydrogens is 646 g/mol. The molecule has 0 aliphatic rings. The highest BCUT2D eigenvalue weighted by molar-refractivity contribution is 7.17. The first-order chi connectivity index (χ1) is 22.9. The Morgan fingerprint density at radius 3 is 2.10 bits per heavy atom. The Balaban J connectivity index is 1.61. The second-order valence-corrected chi connectivity index (χ2v) is 15.2. The second-order valence-electron chi connectivity index (χ2n) is 14.3. The quantitative estimate of drug-likeness (QED) is 0.121. The lowest BCUT2D eigenvalue weighted by molar-refractivity contribution is -0.132. The predicted octanol–water partition coefficient (Wildman–Crippen LogP) is 5.40. The van der Waals surface area contributed by atoms with Crippen LogP contribution in [0.2, 0.25) is 0 Å². The maximum absolute atomic E-state index is 14.0. The van der Waals surface area contributed by atoms with Gasteiger partial charge in [0.05, 0.1) is 5.52 Å². The average molecular weight is 692 g/mol. The molecular formula is C36H45N5O7S. The fraction of sp³-hybridized carbons (Fsp3) is 0.417. The van der Waals surface area contributed by atoms with Crippen LogP contribution < -0.4 is 21.3 Å². The van der Waals surface area contributed by atoms with Gasteiger partial charge in [-0.15, -0.1) is 11.3 Å². The topological polar surface area (TPSA) is 157 Å². The van der Waals surface area contributed by atoms with Crippen molar-refractivity contribution < 1.29 is 33.4 Å². The zero-order chi connectivity index (χ0) is 36.1. The Morgan fingerprint density at radius 2 is 1.45 bits per heavy atom. The number of rotatable bonds is 11. The summed E-state index contributed by atoms with van der Waals surface area (Å²) < 4.78 is 13.4. The number of aromatic nitrogens is 1. The molecule has 12 nitrogen and oxygen atoms in total. The van der Waals surface area contributed by atoms with Crippen molar-refractivity contribution in [1.29, 1.82) is 0 Å². The number of thiophene rings is 1. The van der Waals surface area contributed by atoms with Crippen molar-refractivity contribution in [2.75, 3.05) is 0 Å². The van der Waals surface area contributed by atoms with Gasteiger partial charge in [0.1, 0.15) is 28.9 Å². The molecule has 2 aromatic carbocycles. The Hall–Kier alpha value is -4.91. The molecule has 4 aromatic rings. The standard InChI is InChI=1S/C36H45N5O7S/c1-34(2,3)47-32(45)40-36(7,8)31(44)38-26(17-23-20-49-28-16-12-10-14-25(23)28)30(43)39-29(37-21-42)18-22-19-41(33(46)48-35(4,5)6)27-15-11-9-13-24(22)27/h9-16,19-21,26,29H,17-18H2,1-8H3,(H,37,42)(H,38,44)(H,39,43)(H,40,45)/t26-,29-/m1/s1. The molecule has 13 heteroatoms. The molecule has 0 aliphatic heterocycles. The summed E-state index contributed by atoms with van der Waals surface area (Å²) in [5, 5.41) is 14.5. The largest absolute Gasteiger partial charge is 0.444 e. The molecule has 4 N–H and O–H groups in total. The maximum Gasteiger partial charge on any atom is 0.419 e. The number of ether oxygens (including phenoxy) is 2. The number of hydrogen-bond acceptors (Lipinski definition) is 8. The number of hydrogen-bond donors (Lipinski definition) is 4. The van der Waals surface area contributed by atoms with Crippen molar-refractivity contribution in [3.8, 4) is 0 Å². The van der Waals surface area contributed by atoms with E-state index in [2.05, 4.69) is 21.3 Å². The van der Waals surface area contributed by atoms with E-state index in [1.54, 1.807) is 59.9 Å². The van der Waals surface area contributed by atoms with Crippen molar-refractivity contribution in [3.05, 3.63) is 71.2 Å². The van der Waals surface area contributed by atoms with Crippen molar-refractivity contribution in [1.82, 2.24) is 25.8 Å². The van der Waals surface area contributed by atoms with Gasteiger partial charge in [-0.05, 0) is 89.4 Å². The number of nitrogens with one attached hydrogen (secondary N) is 4. The first kappa shape index (κ1) is 36.9. The van der Waals surface area contributed by atoms with Gasteiger partial charge in [-0.3, -0.25) is 19.0 Å². The highest BCUT2D eigenvalue weighted by Crippen LogP contribution is 2.27. The third-order valence-corrected chi connectivity index (χ3v) is 8.39. The number of carbonyl (C=O) groups excluding carboxylic acids is 5. The third-order valence-electron chi connectivity index (χ3n) is 7.38. The lowest BCUT2D eigenvalue weighted by atomic mass is 10.0. The van der Waals surface area contributed by atoms with Crippen molar-refractivity contribution in [2.24, 2.45) is 0 Å². The van der Waals surface area contributed by atoms with Crippen LogP contribution in [0.15, 0.2) is 60.1 Å². The van der Waals surface area contributed by atoms with Gasteiger partial charge < -0.3 is 30.7 Å². The molecule has 4 rings (SSSR count). The van der Waals surface area contributed by atoms with Crippen molar-refractivity contribution in [3.63, 3.8) is 0 Å². The molecule has 4 amide bonds. The number of nitrogens with zero attached hydrogens (tertiary/aromatic N) is 1. The summed E-state index contributed by atoms with van der Waals surface area (Å²) in [6.07, 6.45) is 0.113. The number of fused-ring (bicyclic) bond motifs is 2. The average Bonchev–Trinajstić information content (AvgIpc) is 3.56. The Morgan fingerprint density at radius 1 is 0.816 bits per heavy atom.